The SMILES string of the molecule is CCC[C@H](NC(=O)[C@@H](NC(=O)[C@@H](CC(C)C)NC(=O)[C@@H](NC(=O)CNC(=O)CN(C)C(C)=O)C(C)C)[C@@H](C)O)C(=O)N[C@H](C(=O)N[C@@H](CCCN=C(N)N)C(=O)N1CCC[C@H]1C(=O)NCC)[C@@H](C)CC. The molecule has 13 N–H and O–H groups in total. The highest BCUT2D eigenvalue weighted by atomic mass is 16.3. The second kappa shape index (κ2) is 31.2. The first-order valence-electron chi connectivity index (χ1n) is 24.4. The van der Waals surface area contributed by atoms with Crippen LogP contribution in [0.3, 0.4) is 0 Å². The van der Waals surface area contributed by atoms with Gasteiger partial charge >= 0.3 is 0 Å². The topological polar surface area (TPSA) is 358 Å². The molecular formula is C46H83N13O11. The Labute approximate surface area is 412 Å². The van der Waals surface area contributed by atoms with E-state index < -0.39 is 114 Å². The molecule has 0 aromatic heterocycles. The van der Waals surface area contributed by atoms with Crippen molar-refractivity contribution in [3.63, 3.8) is 0 Å². The van der Waals surface area contributed by atoms with Gasteiger partial charge in [0.1, 0.15) is 42.3 Å². The number of nitrogens with zero attached hydrogens (tertiary/aromatic N) is 3. The maximum absolute atomic E-state index is 14.2. The Morgan fingerprint density at radius 3 is 1.83 bits per heavy atom. The molecule has 0 bridgehead atoms. The van der Waals surface area contributed by atoms with Crippen molar-refractivity contribution in [2.24, 2.45) is 34.2 Å². The fraction of sp³-hybridized carbons (Fsp3) is 0.761. The Morgan fingerprint density at radius 1 is 0.714 bits per heavy atom. The van der Waals surface area contributed by atoms with Gasteiger partial charge in [-0.2, -0.15) is 0 Å². The minimum atomic E-state index is -1.62. The molecule has 0 radical (unpaired) electrons. The van der Waals surface area contributed by atoms with Crippen molar-refractivity contribution in [2.75, 3.05) is 39.8 Å². The zero-order valence-corrected chi connectivity index (χ0v) is 43.1. The molecule has 24 nitrogen and oxygen atoms in total. The van der Waals surface area contributed by atoms with Gasteiger partial charge in [0.2, 0.25) is 59.1 Å². The van der Waals surface area contributed by atoms with Crippen molar-refractivity contribution in [1.29, 1.82) is 0 Å². The van der Waals surface area contributed by atoms with Crippen LogP contribution in [-0.2, 0) is 47.9 Å². The van der Waals surface area contributed by atoms with E-state index in [1.165, 1.54) is 25.8 Å². The van der Waals surface area contributed by atoms with Crippen LogP contribution in [0.25, 0.3) is 0 Å². The van der Waals surface area contributed by atoms with E-state index in [2.05, 4.69) is 47.5 Å². The molecule has 24 heteroatoms. The van der Waals surface area contributed by atoms with E-state index in [9.17, 15) is 53.1 Å². The van der Waals surface area contributed by atoms with Crippen molar-refractivity contribution >= 4 is 65.0 Å². The van der Waals surface area contributed by atoms with Gasteiger partial charge in [-0.15, -0.1) is 0 Å². The molecule has 1 aliphatic heterocycles. The zero-order chi connectivity index (χ0) is 53.4. The van der Waals surface area contributed by atoms with Gasteiger partial charge in [0.25, 0.3) is 0 Å². The van der Waals surface area contributed by atoms with Crippen LogP contribution >= 0.6 is 0 Å². The van der Waals surface area contributed by atoms with Crippen molar-refractivity contribution in [1.82, 2.24) is 52.3 Å². The van der Waals surface area contributed by atoms with Crippen molar-refractivity contribution in [2.45, 2.75) is 169 Å². The van der Waals surface area contributed by atoms with E-state index in [0.29, 0.717) is 45.2 Å². The number of likely N-dealkylation sites (tertiary alicyclic amines) is 1. The predicted molar refractivity (Wildman–Crippen MR) is 262 cm³/mol. The molecule has 1 fully saturated rings. The molecule has 1 rings (SSSR count). The van der Waals surface area contributed by atoms with Crippen molar-refractivity contribution in [3.05, 3.63) is 0 Å². The summed E-state index contributed by atoms with van der Waals surface area (Å²) in [6.07, 6.45) is 0.928. The first-order valence-corrected chi connectivity index (χ1v) is 24.4. The number of carbonyl (C=O) groups excluding carboxylic acids is 10. The highest BCUT2D eigenvalue weighted by Crippen LogP contribution is 2.21. The fourth-order valence-electron chi connectivity index (χ4n) is 7.54. The van der Waals surface area contributed by atoms with E-state index in [4.69, 9.17) is 11.5 Å². The molecule has 398 valence electrons. The number of rotatable bonds is 30. The quantitative estimate of drug-likeness (QED) is 0.0203. The van der Waals surface area contributed by atoms with Gasteiger partial charge in [0.15, 0.2) is 5.96 Å². The van der Waals surface area contributed by atoms with Crippen molar-refractivity contribution < 1.29 is 53.1 Å². The number of guanidine groups is 1. The van der Waals surface area contributed by atoms with E-state index in [0.717, 1.165) is 4.90 Å². The summed E-state index contributed by atoms with van der Waals surface area (Å²) >= 11 is 0. The Balaban J connectivity index is 3.30. The Kier molecular flexibility index (Phi) is 27.6. The lowest BCUT2D eigenvalue weighted by atomic mass is 9.96. The van der Waals surface area contributed by atoms with Gasteiger partial charge in [0.05, 0.1) is 19.2 Å². The standard InChI is InChI=1S/C46H83N13O11/c1-12-17-30(39(64)56-37(27(8)13-2)43(68)53-31(18-15-20-50-46(47)48)45(70)59-21-16-19-33(59)41(66)49-14-3)52-44(69)38(28(9)60)57-40(65)32(22-25(4)5)54-42(67)36(26(6)7)55-34(62)23-51-35(63)24-58(11)29(10)61/h25-28,30-33,36-38,60H,12-24H2,1-11H3,(H,49,66)(H,51,63)(H,52,69)(H,53,68)(H,54,67)(H,55,62)(H,56,64)(H,57,65)(H4,47,48,50)/t27-,28+,30-,31-,32+,33-,36-,37-,38-/m0/s1. The molecule has 0 aliphatic carbocycles. The van der Waals surface area contributed by atoms with Gasteiger partial charge in [0, 0.05) is 33.6 Å². The van der Waals surface area contributed by atoms with Gasteiger partial charge in [-0.05, 0) is 70.1 Å². The highest BCUT2D eigenvalue weighted by molar-refractivity contribution is 5.98. The lowest BCUT2D eigenvalue weighted by Crippen LogP contribution is -2.62. The second-order valence-corrected chi connectivity index (χ2v) is 18.7. The van der Waals surface area contributed by atoms with E-state index >= 15 is 0 Å². The minimum Gasteiger partial charge on any atom is -0.391 e. The molecule has 9 atom stereocenters. The number of hydrogen-bond acceptors (Lipinski definition) is 12. The molecule has 0 aromatic rings. The molecule has 1 saturated heterocycles. The third-order valence-electron chi connectivity index (χ3n) is 11.8. The first-order chi connectivity index (χ1) is 32.8. The Bertz CT molecular complexity index is 1820. The lowest BCUT2D eigenvalue weighted by molar-refractivity contribution is -0.142. The first kappa shape index (κ1) is 61.9. The molecule has 70 heavy (non-hydrogen) atoms. The minimum absolute atomic E-state index is 0.0830. The molecule has 0 saturated carbocycles. The van der Waals surface area contributed by atoms with Gasteiger partial charge in [-0.25, -0.2) is 0 Å². The van der Waals surface area contributed by atoms with Crippen LogP contribution in [0.4, 0.5) is 0 Å². The van der Waals surface area contributed by atoms with Gasteiger partial charge in [-0.3, -0.25) is 52.9 Å². The van der Waals surface area contributed by atoms with Crippen LogP contribution in [0.15, 0.2) is 4.99 Å². The molecular weight excluding hydrogens is 911 g/mol. The van der Waals surface area contributed by atoms with E-state index in [1.807, 2.05) is 6.92 Å². The van der Waals surface area contributed by atoms with Crippen LogP contribution in [0.1, 0.15) is 121 Å². The number of aliphatic hydroxyl groups is 1. The Morgan fingerprint density at radius 2 is 1.29 bits per heavy atom. The van der Waals surface area contributed by atoms with Crippen LogP contribution in [0, 0.1) is 17.8 Å². The number of aliphatic hydroxyl groups excluding tert-OH is 1. The smallest absolute Gasteiger partial charge is 0.245 e. The van der Waals surface area contributed by atoms with Crippen LogP contribution < -0.4 is 54.0 Å². The predicted octanol–water partition coefficient (Wildman–Crippen LogP) is -2.40. The molecule has 0 spiro atoms. The normalized spacial score (nSPS) is 16.7. The molecule has 10 amide bonds. The average Bonchev–Trinajstić information content (AvgIpc) is 3.78. The average molecular weight is 994 g/mol. The number of nitrogens with one attached hydrogen (secondary N) is 8. The Hall–Kier alpha value is -6.07. The van der Waals surface area contributed by atoms with Gasteiger partial charge < -0.3 is 68.9 Å². The third-order valence-corrected chi connectivity index (χ3v) is 11.8. The highest BCUT2D eigenvalue weighted by Gasteiger charge is 2.40. The maximum atomic E-state index is 14.2. The summed E-state index contributed by atoms with van der Waals surface area (Å²) in [5, 5.41) is 31.8. The fourth-order valence-corrected chi connectivity index (χ4v) is 7.54. The number of carbonyl (C=O) groups is 10. The number of nitrogens with two attached hydrogens (primary N) is 2. The lowest BCUT2D eigenvalue weighted by Gasteiger charge is -2.31. The van der Waals surface area contributed by atoms with Crippen LogP contribution in [0.5, 0.6) is 0 Å². The number of amides is 10. The summed E-state index contributed by atoms with van der Waals surface area (Å²) in [5.41, 5.74) is 11.0. The van der Waals surface area contributed by atoms with Crippen LogP contribution in [0.2, 0.25) is 0 Å². The summed E-state index contributed by atoms with van der Waals surface area (Å²) in [6.45, 7) is 16.6. The molecule has 0 aromatic carbocycles. The van der Waals surface area contributed by atoms with Gasteiger partial charge in [-0.1, -0.05) is 61.3 Å². The second-order valence-electron chi connectivity index (χ2n) is 18.7. The summed E-state index contributed by atoms with van der Waals surface area (Å²) in [5.74, 6) is -7.60. The summed E-state index contributed by atoms with van der Waals surface area (Å²) in [6, 6.07) is -8.30. The largest absolute Gasteiger partial charge is 0.391 e. The van der Waals surface area contributed by atoms with E-state index in [-0.39, 0.29) is 56.0 Å². The van der Waals surface area contributed by atoms with Crippen LogP contribution in [-0.4, -0.2) is 168 Å². The van der Waals surface area contributed by atoms with E-state index in [1.54, 1.807) is 48.5 Å². The van der Waals surface area contributed by atoms with Crippen molar-refractivity contribution in [3.8, 4) is 0 Å². The molecule has 0 unspecified atom stereocenters. The number of hydrogen-bond donors (Lipinski definition) is 11. The zero-order valence-electron chi connectivity index (χ0n) is 43.1. The third kappa shape index (κ3) is 21.3. The summed E-state index contributed by atoms with van der Waals surface area (Å²) in [4.78, 5) is 140. The number of likely N-dealkylation sites (N-methyl/N-ethyl adjacent to an activating group) is 2. The molecule has 1 heterocycles. The monoisotopic (exact) mass is 994 g/mol. The summed E-state index contributed by atoms with van der Waals surface area (Å²) < 4.78 is 0. The maximum Gasteiger partial charge on any atom is 0.245 e. The summed E-state index contributed by atoms with van der Waals surface area (Å²) in [7, 11) is 1.42. The molecule has 1 aliphatic rings. The number of aliphatic imine (C=N–C) groups is 1.